The third kappa shape index (κ3) is 5.63. The second-order valence-corrected chi connectivity index (χ2v) is 8.88. The van der Waals surface area contributed by atoms with E-state index in [-0.39, 0.29) is 19.1 Å². The number of hydrogen-bond acceptors (Lipinski definition) is 4. The van der Waals surface area contributed by atoms with Crippen LogP contribution < -0.4 is 5.32 Å². The van der Waals surface area contributed by atoms with Gasteiger partial charge in [-0.1, -0.05) is 72.3 Å². The summed E-state index contributed by atoms with van der Waals surface area (Å²) >= 11 is 5.90. The molecule has 0 aromatic heterocycles. The van der Waals surface area contributed by atoms with Gasteiger partial charge in [-0.15, -0.1) is 0 Å². The second kappa shape index (κ2) is 10.6. The van der Waals surface area contributed by atoms with Crippen LogP contribution in [0.3, 0.4) is 0 Å². The first-order valence-electron chi connectivity index (χ1n) is 11.2. The van der Waals surface area contributed by atoms with Crippen molar-refractivity contribution in [2.75, 3.05) is 13.7 Å². The van der Waals surface area contributed by atoms with Crippen LogP contribution in [0.5, 0.6) is 0 Å². The van der Waals surface area contributed by atoms with Crippen molar-refractivity contribution >= 4 is 29.6 Å². The van der Waals surface area contributed by atoms with Crippen LogP contribution in [0.2, 0.25) is 5.02 Å². The molecule has 3 aromatic carbocycles. The predicted octanol–water partition coefficient (Wildman–Crippen LogP) is 4.68. The Morgan fingerprint density at radius 1 is 0.971 bits per heavy atom. The number of likely N-dealkylation sites (N-methyl/N-ethyl adjacent to an activating group) is 1. The van der Waals surface area contributed by atoms with Crippen LogP contribution in [-0.4, -0.2) is 47.7 Å². The third-order valence-corrected chi connectivity index (χ3v) is 6.27. The van der Waals surface area contributed by atoms with Gasteiger partial charge in [0.25, 0.3) is 0 Å². The summed E-state index contributed by atoms with van der Waals surface area (Å²) in [4.78, 5) is 38.3. The zero-order valence-corrected chi connectivity index (χ0v) is 19.9. The minimum atomic E-state index is -1.26. The molecule has 2 N–H and O–H groups in total. The number of aliphatic carboxylic acids is 1. The van der Waals surface area contributed by atoms with Crippen LogP contribution in [0.15, 0.2) is 72.8 Å². The molecule has 0 radical (unpaired) electrons. The molecular formula is C27H25ClN2O5. The lowest BCUT2D eigenvalue weighted by atomic mass is 9.98. The van der Waals surface area contributed by atoms with Crippen molar-refractivity contribution in [2.45, 2.75) is 24.9 Å². The molecule has 4 rings (SSSR count). The summed E-state index contributed by atoms with van der Waals surface area (Å²) in [5, 5.41) is 12.3. The van der Waals surface area contributed by atoms with Gasteiger partial charge in [-0.3, -0.25) is 9.59 Å². The van der Waals surface area contributed by atoms with Crippen molar-refractivity contribution in [1.29, 1.82) is 0 Å². The average Bonchev–Trinajstić information content (AvgIpc) is 3.16. The zero-order chi connectivity index (χ0) is 24.9. The zero-order valence-electron chi connectivity index (χ0n) is 19.1. The molecule has 180 valence electrons. The molecule has 0 bridgehead atoms. The minimum absolute atomic E-state index is 0.0639. The average molecular weight is 493 g/mol. The van der Waals surface area contributed by atoms with Gasteiger partial charge in [0.2, 0.25) is 5.91 Å². The lowest BCUT2D eigenvalue weighted by molar-refractivity contribution is -0.142. The van der Waals surface area contributed by atoms with Crippen LogP contribution in [0.25, 0.3) is 11.1 Å². The first-order valence-corrected chi connectivity index (χ1v) is 11.5. The van der Waals surface area contributed by atoms with Crippen molar-refractivity contribution in [3.63, 3.8) is 0 Å². The quantitative estimate of drug-likeness (QED) is 0.476. The van der Waals surface area contributed by atoms with E-state index in [4.69, 9.17) is 16.3 Å². The number of nitrogens with zero attached hydrogens (tertiary/aromatic N) is 1. The van der Waals surface area contributed by atoms with E-state index < -0.39 is 30.4 Å². The molecule has 0 fully saturated rings. The number of halogens is 1. The molecular weight excluding hydrogens is 468 g/mol. The lowest BCUT2D eigenvalue weighted by Gasteiger charge is -2.24. The Balaban J connectivity index is 1.41. The van der Waals surface area contributed by atoms with E-state index in [1.165, 1.54) is 4.90 Å². The molecule has 8 heteroatoms. The van der Waals surface area contributed by atoms with Crippen LogP contribution in [0.4, 0.5) is 4.79 Å². The molecule has 7 nitrogen and oxygen atoms in total. The molecule has 1 atom stereocenters. The fourth-order valence-electron chi connectivity index (χ4n) is 4.36. The number of amides is 2. The van der Waals surface area contributed by atoms with Gasteiger partial charge in [0, 0.05) is 24.5 Å². The van der Waals surface area contributed by atoms with Gasteiger partial charge < -0.3 is 20.1 Å². The molecule has 0 saturated carbocycles. The summed E-state index contributed by atoms with van der Waals surface area (Å²) in [6.07, 6.45) is -1.40. The van der Waals surface area contributed by atoms with E-state index in [0.29, 0.717) is 5.02 Å². The number of nitrogens with one attached hydrogen (secondary N) is 1. The number of hydrogen-bond donors (Lipinski definition) is 2. The summed E-state index contributed by atoms with van der Waals surface area (Å²) in [6, 6.07) is 21.6. The fraction of sp³-hybridized carbons (Fsp3) is 0.222. The van der Waals surface area contributed by atoms with Gasteiger partial charge in [0.1, 0.15) is 12.6 Å². The normalized spacial score (nSPS) is 12.9. The van der Waals surface area contributed by atoms with Gasteiger partial charge in [0.05, 0.1) is 6.42 Å². The van der Waals surface area contributed by atoms with E-state index in [0.717, 1.165) is 27.8 Å². The Labute approximate surface area is 208 Å². The number of carbonyl (C=O) groups is 3. The molecule has 2 amide bonds. The highest BCUT2D eigenvalue weighted by atomic mass is 35.5. The summed E-state index contributed by atoms with van der Waals surface area (Å²) < 4.78 is 5.48. The SMILES string of the molecule is CN(Cc1ccc(Cl)cc1)C(=O)C(CC(=O)O)NC(=O)OCC1c2ccccc2-c2ccccc21. The van der Waals surface area contributed by atoms with Crippen molar-refractivity contribution in [1.82, 2.24) is 10.2 Å². The van der Waals surface area contributed by atoms with Gasteiger partial charge in [-0.2, -0.15) is 0 Å². The molecule has 0 aliphatic heterocycles. The van der Waals surface area contributed by atoms with Crippen LogP contribution in [0.1, 0.15) is 29.0 Å². The van der Waals surface area contributed by atoms with Gasteiger partial charge in [-0.25, -0.2) is 4.79 Å². The highest BCUT2D eigenvalue weighted by Gasteiger charge is 2.31. The molecule has 1 unspecified atom stereocenters. The number of carboxylic acids is 1. The molecule has 1 aliphatic carbocycles. The Hall–Kier alpha value is -3.84. The number of carboxylic acid groups (broad SMARTS) is 1. The molecule has 35 heavy (non-hydrogen) atoms. The predicted molar refractivity (Wildman–Crippen MR) is 132 cm³/mol. The monoisotopic (exact) mass is 492 g/mol. The smallest absolute Gasteiger partial charge is 0.407 e. The third-order valence-electron chi connectivity index (χ3n) is 6.02. The van der Waals surface area contributed by atoms with Crippen LogP contribution in [0, 0.1) is 0 Å². The van der Waals surface area contributed by atoms with E-state index in [2.05, 4.69) is 5.32 Å². The fourth-order valence-corrected chi connectivity index (χ4v) is 4.49. The highest BCUT2D eigenvalue weighted by Crippen LogP contribution is 2.44. The standard InChI is InChI=1S/C27H25ClN2O5/c1-30(15-17-10-12-18(28)13-11-17)26(33)24(14-25(31)32)29-27(34)35-16-23-21-8-4-2-6-19(21)20-7-3-5-9-22(20)23/h2-13,23-24H,14-16H2,1H3,(H,29,34)(H,31,32). The first-order chi connectivity index (χ1) is 16.8. The number of fused-ring (bicyclic) bond motifs is 3. The molecule has 0 saturated heterocycles. The maximum Gasteiger partial charge on any atom is 0.407 e. The summed E-state index contributed by atoms with van der Waals surface area (Å²) in [5.41, 5.74) is 5.13. The second-order valence-electron chi connectivity index (χ2n) is 8.44. The van der Waals surface area contributed by atoms with Gasteiger partial charge in [0.15, 0.2) is 0 Å². The topological polar surface area (TPSA) is 95.9 Å². The largest absolute Gasteiger partial charge is 0.481 e. The maximum atomic E-state index is 12.9. The van der Waals surface area contributed by atoms with Crippen LogP contribution >= 0.6 is 11.6 Å². The number of alkyl carbamates (subject to hydrolysis) is 1. The first kappa shape index (κ1) is 24.3. The highest BCUT2D eigenvalue weighted by molar-refractivity contribution is 6.30. The van der Waals surface area contributed by atoms with Crippen molar-refractivity contribution in [3.05, 3.63) is 94.5 Å². The lowest BCUT2D eigenvalue weighted by Crippen LogP contribution is -2.48. The van der Waals surface area contributed by atoms with Crippen molar-refractivity contribution in [3.8, 4) is 11.1 Å². The number of benzene rings is 3. The number of ether oxygens (including phenoxy) is 1. The number of rotatable bonds is 8. The molecule has 3 aromatic rings. The number of carbonyl (C=O) groups excluding carboxylic acids is 2. The molecule has 1 aliphatic rings. The van der Waals surface area contributed by atoms with E-state index in [9.17, 15) is 19.5 Å². The maximum absolute atomic E-state index is 12.9. The van der Waals surface area contributed by atoms with Crippen molar-refractivity contribution < 1.29 is 24.2 Å². The summed E-state index contributed by atoms with van der Waals surface area (Å²) in [6.45, 7) is 0.299. The van der Waals surface area contributed by atoms with Gasteiger partial charge in [-0.05, 0) is 39.9 Å². The van der Waals surface area contributed by atoms with Crippen molar-refractivity contribution in [2.24, 2.45) is 0 Å². The summed E-state index contributed by atoms with van der Waals surface area (Å²) in [7, 11) is 1.55. The Morgan fingerprint density at radius 2 is 1.54 bits per heavy atom. The van der Waals surface area contributed by atoms with Crippen LogP contribution in [-0.2, 0) is 20.9 Å². The Morgan fingerprint density at radius 3 is 2.11 bits per heavy atom. The van der Waals surface area contributed by atoms with E-state index in [1.54, 1.807) is 31.3 Å². The summed E-state index contributed by atoms with van der Waals surface area (Å²) in [5.74, 6) is -1.88. The molecule has 0 heterocycles. The minimum Gasteiger partial charge on any atom is -0.481 e. The van der Waals surface area contributed by atoms with E-state index in [1.807, 2.05) is 48.5 Å². The van der Waals surface area contributed by atoms with E-state index >= 15 is 0 Å². The molecule has 0 spiro atoms. The Kier molecular flexibility index (Phi) is 7.36. The van der Waals surface area contributed by atoms with Gasteiger partial charge >= 0.3 is 12.1 Å². The Bertz CT molecular complexity index is 1200.